The van der Waals surface area contributed by atoms with Crippen LogP contribution in [0.1, 0.15) is 32.6 Å². The van der Waals surface area contributed by atoms with Gasteiger partial charge in [-0.3, -0.25) is 4.72 Å². The molecular weight excluding hydrogens is 360 g/mol. The third-order valence-corrected chi connectivity index (χ3v) is 6.26. The molecule has 0 bridgehead atoms. The predicted octanol–water partition coefficient (Wildman–Crippen LogP) is 3.70. The van der Waals surface area contributed by atoms with E-state index in [0.717, 1.165) is 31.6 Å². The molecule has 1 N–H and O–H groups in total. The molecule has 2 heterocycles. The van der Waals surface area contributed by atoms with Gasteiger partial charge >= 0.3 is 0 Å². The number of rotatable bonds is 5. The molecule has 0 amide bonds. The second-order valence-corrected chi connectivity index (χ2v) is 8.12. The number of anilines is 2. The number of hydrogen-bond donors (Lipinski definition) is 1. The lowest BCUT2D eigenvalue weighted by atomic mass is 10.0. The Morgan fingerprint density at radius 2 is 2.00 bits per heavy atom. The highest BCUT2D eigenvalue weighted by molar-refractivity contribution is 7.92. The number of aromatic nitrogens is 2. The molecule has 1 aliphatic rings. The summed E-state index contributed by atoms with van der Waals surface area (Å²) in [5.41, 5.74) is 0. The van der Waals surface area contributed by atoms with E-state index in [1.54, 1.807) is 18.2 Å². The van der Waals surface area contributed by atoms with Crippen LogP contribution in [0.2, 0.25) is 5.02 Å². The molecule has 0 radical (unpaired) electrons. The van der Waals surface area contributed by atoms with Crippen LogP contribution in [-0.4, -0.2) is 31.2 Å². The minimum absolute atomic E-state index is 0.0182. The first-order valence-corrected chi connectivity index (χ1v) is 10.2. The molecule has 1 aliphatic heterocycles. The van der Waals surface area contributed by atoms with Gasteiger partial charge in [-0.1, -0.05) is 30.7 Å². The summed E-state index contributed by atoms with van der Waals surface area (Å²) in [6.07, 6.45) is 4.58. The lowest BCUT2D eigenvalue weighted by molar-refractivity contribution is 0.445. The van der Waals surface area contributed by atoms with Crippen molar-refractivity contribution in [3.8, 4) is 0 Å². The normalized spacial score (nSPS) is 18.2. The van der Waals surface area contributed by atoms with Crippen molar-refractivity contribution in [2.45, 2.75) is 43.5 Å². The van der Waals surface area contributed by atoms with Crippen molar-refractivity contribution in [2.24, 2.45) is 0 Å². The molecule has 0 spiro atoms. The van der Waals surface area contributed by atoms with Gasteiger partial charge in [-0.25, -0.2) is 8.42 Å². The summed E-state index contributed by atoms with van der Waals surface area (Å²) < 4.78 is 27.3. The standard InChI is InChI=1S/C17H21ClN4O2S/c1-2-13-7-5-6-12-22(13)17-11-10-16(19-20-17)21-25(23,24)15-9-4-3-8-14(15)18/h3-4,8-11,13H,2,5-7,12H2,1H3,(H,19,21). The molecule has 0 aliphatic carbocycles. The van der Waals surface area contributed by atoms with E-state index < -0.39 is 10.0 Å². The van der Waals surface area contributed by atoms with Crippen LogP contribution in [0, 0.1) is 0 Å². The Bertz CT molecular complexity index is 827. The lowest BCUT2D eigenvalue weighted by Crippen LogP contribution is -2.39. The number of nitrogens with one attached hydrogen (secondary N) is 1. The lowest BCUT2D eigenvalue weighted by Gasteiger charge is -2.35. The summed E-state index contributed by atoms with van der Waals surface area (Å²) in [7, 11) is -3.80. The molecule has 1 unspecified atom stereocenters. The van der Waals surface area contributed by atoms with Crippen molar-refractivity contribution >= 4 is 33.3 Å². The van der Waals surface area contributed by atoms with Gasteiger partial charge in [0.05, 0.1) is 5.02 Å². The van der Waals surface area contributed by atoms with Gasteiger partial charge in [-0.05, 0) is 49.9 Å². The summed E-state index contributed by atoms with van der Waals surface area (Å²) in [4.78, 5) is 2.27. The molecule has 2 aromatic rings. The Hall–Kier alpha value is -1.86. The number of nitrogens with zero attached hydrogens (tertiary/aromatic N) is 3. The van der Waals surface area contributed by atoms with Crippen molar-refractivity contribution < 1.29 is 8.42 Å². The van der Waals surface area contributed by atoms with Crippen LogP contribution < -0.4 is 9.62 Å². The molecule has 3 rings (SSSR count). The molecule has 0 saturated carbocycles. The maximum Gasteiger partial charge on any atom is 0.264 e. The first-order chi connectivity index (χ1) is 12.0. The molecule has 134 valence electrons. The van der Waals surface area contributed by atoms with Crippen molar-refractivity contribution in [3.63, 3.8) is 0 Å². The fourth-order valence-corrected chi connectivity index (χ4v) is 4.63. The van der Waals surface area contributed by atoms with Gasteiger partial charge < -0.3 is 4.90 Å². The van der Waals surface area contributed by atoms with E-state index in [1.165, 1.54) is 18.6 Å². The molecule has 1 saturated heterocycles. The summed E-state index contributed by atoms with van der Waals surface area (Å²) in [5.74, 6) is 0.959. The first kappa shape index (κ1) is 17.9. The van der Waals surface area contributed by atoms with Crippen molar-refractivity contribution in [1.29, 1.82) is 0 Å². The monoisotopic (exact) mass is 380 g/mol. The van der Waals surface area contributed by atoms with Gasteiger partial charge in [0.15, 0.2) is 11.6 Å². The maximum atomic E-state index is 12.4. The average molecular weight is 381 g/mol. The zero-order valence-electron chi connectivity index (χ0n) is 14.0. The van der Waals surface area contributed by atoms with E-state index in [2.05, 4.69) is 26.7 Å². The minimum Gasteiger partial charge on any atom is -0.352 e. The van der Waals surface area contributed by atoms with Crippen LogP contribution in [0.15, 0.2) is 41.3 Å². The Morgan fingerprint density at radius 1 is 1.20 bits per heavy atom. The van der Waals surface area contributed by atoms with Gasteiger partial charge in [0.2, 0.25) is 0 Å². The minimum atomic E-state index is -3.80. The number of halogens is 1. The Labute approximate surface area is 153 Å². The van der Waals surface area contributed by atoms with Crippen molar-refractivity contribution in [2.75, 3.05) is 16.2 Å². The van der Waals surface area contributed by atoms with Crippen LogP contribution in [-0.2, 0) is 10.0 Å². The van der Waals surface area contributed by atoms with Gasteiger partial charge in [0.25, 0.3) is 10.0 Å². The van der Waals surface area contributed by atoms with E-state index in [-0.39, 0.29) is 15.7 Å². The van der Waals surface area contributed by atoms with Crippen LogP contribution >= 0.6 is 11.6 Å². The highest BCUT2D eigenvalue weighted by Gasteiger charge is 2.23. The fraction of sp³-hybridized carbons (Fsp3) is 0.412. The predicted molar refractivity (Wildman–Crippen MR) is 99.6 cm³/mol. The van der Waals surface area contributed by atoms with Crippen LogP contribution in [0.5, 0.6) is 0 Å². The van der Waals surface area contributed by atoms with Crippen LogP contribution in [0.3, 0.4) is 0 Å². The molecule has 1 atom stereocenters. The summed E-state index contributed by atoms with van der Waals surface area (Å²) >= 11 is 5.97. The second-order valence-electron chi connectivity index (χ2n) is 6.06. The largest absolute Gasteiger partial charge is 0.352 e. The van der Waals surface area contributed by atoms with E-state index in [1.807, 2.05) is 6.07 Å². The van der Waals surface area contributed by atoms with Crippen molar-refractivity contribution in [1.82, 2.24) is 10.2 Å². The average Bonchev–Trinajstić information content (AvgIpc) is 2.62. The van der Waals surface area contributed by atoms with Gasteiger partial charge in [0, 0.05) is 12.6 Å². The molecule has 1 aromatic carbocycles. The molecule has 1 fully saturated rings. The summed E-state index contributed by atoms with van der Waals surface area (Å²) in [5, 5.41) is 8.42. The Morgan fingerprint density at radius 3 is 2.68 bits per heavy atom. The maximum absolute atomic E-state index is 12.4. The number of benzene rings is 1. The first-order valence-electron chi connectivity index (χ1n) is 8.39. The summed E-state index contributed by atoms with van der Waals surface area (Å²) in [6.45, 7) is 3.13. The Kier molecular flexibility index (Phi) is 5.44. The highest BCUT2D eigenvalue weighted by Crippen LogP contribution is 2.26. The smallest absolute Gasteiger partial charge is 0.264 e. The number of hydrogen-bond acceptors (Lipinski definition) is 5. The van der Waals surface area contributed by atoms with Crippen molar-refractivity contribution in [3.05, 3.63) is 41.4 Å². The van der Waals surface area contributed by atoms with Crippen LogP contribution in [0.4, 0.5) is 11.6 Å². The van der Waals surface area contributed by atoms with Gasteiger partial charge in [0.1, 0.15) is 4.90 Å². The highest BCUT2D eigenvalue weighted by atomic mass is 35.5. The molecule has 6 nitrogen and oxygen atoms in total. The third-order valence-electron chi connectivity index (χ3n) is 4.41. The zero-order chi connectivity index (χ0) is 17.9. The third kappa shape index (κ3) is 4.04. The fourth-order valence-electron chi connectivity index (χ4n) is 3.11. The van der Waals surface area contributed by atoms with Gasteiger partial charge in [-0.15, -0.1) is 10.2 Å². The van der Waals surface area contributed by atoms with E-state index >= 15 is 0 Å². The van der Waals surface area contributed by atoms with E-state index in [0.29, 0.717) is 6.04 Å². The summed E-state index contributed by atoms with van der Waals surface area (Å²) in [6, 6.07) is 10.2. The molecule has 1 aromatic heterocycles. The van der Waals surface area contributed by atoms with E-state index in [9.17, 15) is 8.42 Å². The number of sulfonamides is 1. The topological polar surface area (TPSA) is 75.2 Å². The van der Waals surface area contributed by atoms with Crippen LogP contribution in [0.25, 0.3) is 0 Å². The molecule has 8 heteroatoms. The SMILES string of the molecule is CCC1CCCCN1c1ccc(NS(=O)(=O)c2ccccc2Cl)nn1. The molecule has 25 heavy (non-hydrogen) atoms. The number of piperidine rings is 1. The quantitative estimate of drug-likeness (QED) is 0.855. The molecular formula is C17H21ClN4O2S. The zero-order valence-corrected chi connectivity index (χ0v) is 15.6. The second kappa shape index (κ2) is 7.58. The van der Waals surface area contributed by atoms with Gasteiger partial charge in [-0.2, -0.15) is 0 Å². The Balaban J connectivity index is 1.78. The van der Waals surface area contributed by atoms with E-state index in [4.69, 9.17) is 11.6 Å².